The van der Waals surface area contributed by atoms with Gasteiger partial charge in [-0.15, -0.1) is 29.3 Å². The molecule has 0 atom stereocenters. The Morgan fingerprint density at radius 1 is 1.23 bits per heavy atom. The molecule has 2 N–H and O–H groups in total. The predicted molar refractivity (Wildman–Crippen MR) is 125 cm³/mol. The van der Waals surface area contributed by atoms with E-state index in [1.165, 1.54) is 16.8 Å². The van der Waals surface area contributed by atoms with E-state index in [9.17, 15) is 14.7 Å². The van der Waals surface area contributed by atoms with Crippen molar-refractivity contribution in [1.82, 2.24) is 5.32 Å². The number of ether oxygens (including phenoxy) is 1. The van der Waals surface area contributed by atoms with Crippen molar-refractivity contribution in [1.29, 1.82) is 0 Å². The summed E-state index contributed by atoms with van der Waals surface area (Å²) in [5, 5.41) is 18.2. The van der Waals surface area contributed by atoms with Gasteiger partial charge in [-0.2, -0.15) is 5.01 Å². The predicted octanol–water partition coefficient (Wildman–Crippen LogP) is 3.84. The van der Waals surface area contributed by atoms with Gasteiger partial charge < -0.3 is 15.2 Å². The number of carboxylic acids is 1. The van der Waals surface area contributed by atoms with Gasteiger partial charge in [0.2, 0.25) is 5.90 Å². The second-order valence-electron chi connectivity index (χ2n) is 7.49. The van der Waals surface area contributed by atoms with Crippen LogP contribution in [0.4, 0.5) is 5.69 Å². The molecule has 1 heterocycles. The third kappa shape index (κ3) is 6.72. The number of rotatable bonds is 8. The maximum Gasteiger partial charge on any atom is 0.319 e. The minimum absolute atomic E-state index is 0. The van der Waals surface area contributed by atoms with Crippen LogP contribution >= 0.6 is 24.2 Å². The molecule has 9 heteroatoms. The van der Waals surface area contributed by atoms with Crippen molar-refractivity contribution in [2.45, 2.75) is 37.0 Å². The Hall–Kier alpha value is -2.55. The summed E-state index contributed by atoms with van der Waals surface area (Å²) in [6.45, 7) is 6.27. The first-order chi connectivity index (χ1) is 14.2. The molecular weight excluding hydrogens is 438 g/mol. The molecule has 1 amide bonds. The zero-order chi connectivity index (χ0) is 21.7. The summed E-state index contributed by atoms with van der Waals surface area (Å²) in [6, 6.07) is 15.4. The second kappa shape index (κ2) is 10.7. The molecule has 0 aromatic heterocycles. The van der Waals surface area contributed by atoms with Crippen molar-refractivity contribution in [3.8, 4) is 0 Å². The van der Waals surface area contributed by atoms with E-state index >= 15 is 0 Å². The van der Waals surface area contributed by atoms with Crippen molar-refractivity contribution in [3.05, 3.63) is 59.7 Å². The molecule has 31 heavy (non-hydrogen) atoms. The lowest BCUT2D eigenvalue weighted by molar-refractivity contribution is -0.138. The van der Waals surface area contributed by atoms with E-state index in [0.717, 1.165) is 21.7 Å². The summed E-state index contributed by atoms with van der Waals surface area (Å²) in [5.74, 6) is -0.599. The van der Waals surface area contributed by atoms with Crippen LogP contribution in [0.2, 0.25) is 0 Å². The number of aliphatic carboxylic acids is 1. The van der Waals surface area contributed by atoms with Crippen LogP contribution in [0.1, 0.15) is 25.0 Å². The monoisotopic (exact) mass is 463 g/mol. The van der Waals surface area contributed by atoms with Crippen LogP contribution in [0, 0.1) is 6.92 Å². The van der Waals surface area contributed by atoms with Crippen LogP contribution < -0.4 is 10.3 Å². The maximum atomic E-state index is 12.2. The summed E-state index contributed by atoms with van der Waals surface area (Å²) in [5.41, 5.74) is 2.82. The number of amides is 1. The number of nitrogens with one attached hydrogen (secondary N) is 1. The zero-order valence-corrected chi connectivity index (χ0v) is 19.3. The number of hydrazone groups is 1. The Bertz CT molecular complexity index is 963. The number of aryl methyl sites for hydroxylation is 1. The Morgan fingerprint density at radius 2 is 1.94 bits per heavy atom. The molecule has 0 bridgehead atoms. The number of carbonyl (C=O) groups excluding carboxylic acids is 1. The lowest BCUT2D eigenvalue weighted by Gasteiger charge is -2.24. The van der Waals surface area contributed by atoms with Gasteiger partial charge in [0, 0.05) is 11.4 Å². The Morgan fingerprint density at radius 3 is 2.58 bits per heavy atom. The summed E-state index contributed by atoms with van der Waals surface area (Å²) < 4.78 is 4.57. The number of hydrogen-bond donors (Lipinski definition) is 2. The number of thioether (sulfide) groups is 1. The molecule has 0 aliphatic carbocycles. The topological polar surface area (TPSA) is 91.2 Å². The van der Waals surface area contributed by atoms with E-state index in [0.29, 0.717) is 19.0 Å². The number of hydrogen-bond acceptors (Lipinski definition) is 6. The van der Waals surface area contributed by atoms with E-state index in [1.54, 1.807) is 13.8 Å². The standard InChI is InChI=1S/C22H25N3O4S.ClH/c1-15-5-4-6-17(11-15)25-20(26)14-29-19(24-25)13-23-12-16-7-9-18(10-8-16)30-22(2,3)21(27)28;/h4-11,23H,12-14H2,1-3H3,(H,27,28);1H. The van der Waals surface area contributed by atoms with E-state index in [4.69, 9.17) is 4.74 Å². The highest BCUT2D eigenvalue weighted by Gasteiger charge is 2.28. The molecule has 0 unspecified atom stereocenters. The molecule has 0 radical (unpaired) electrons. The van der Waals surface area contributed by atoms with Gasteiger partial charge in [-0.05, 0) is 56.2 Å². The average Bonchev–Trinajstić information content (AvgIpc) is 2.70. The Labute approximate surface area is 192 Å². The summed E-state index contributed by atoms with van der Waals surface area (Å²) in [6.07, 6.45) is 0. The first kappa shape index (κ1) is 24.7. The third-order valence-corrected chi connectivity index (χ3v) is 5.67. The van der Waals surface area contributed by atoms with Gasteiger partial charge in [-0.25, -0.2) is 0 Å². The smallest absolute Gasteiger partial charge is 0.319 e. The van der Waals surface area contributed by atoms with Crippen molar-refractivity contribution < 1.29 is 19.4 Å². The number of nitrogens with zero attached hydrogens (tertiary/aromatic N) is 2. The minimum atomic E-state index is -0.878. The highest BCUT2D eigenvalue weighted by Crippen LogP contribution is 2.32. The van der Waals surface area contributed by atoms with E-state index in [1.807, 2.05) is 55.5 Å². The molecule has 0 fully saturated rings. The molecule has 0 spiro atoms. The minimum Gasteiger partial charge on any atom is -0.480 e. The maximum absolute atomic E-state index is 12.2. The number of benzene rings is 2. The van der Waals surface area contributed by atoms with E-state index in [-0.39, 0.29) is 24.9 Å². The van der Waals surface area contributed by atoms with Crippen LogP contribution in [0.3, 0.4) is 0 Å². The fourth-order valence-electron chi connectivity index (χ4n) is 2.78. The zero-order valence-electron chi connectivity index (χ0n) is 17.6. The van der Waals surface area contributed by atoms with Gasteiger partial charge in [0.25, 0.3) is 5.91 Å². The van der Waals surface area contributed by atoms with Gasteiger partial charge in [0.1, 0.15) is 4.75 Å². The van der Waals surface area contributed by atoms with Crippen LogP contribution in [0.15, 0.2) is 58.5 Å². The quantitative estimate of drug-likeness (QED) is 0.578. The Balaban J connectivity index is 0.00000341. The number of halogens is 1. The summed E-state index contributed by atoms with van der Waals surface area (Å²) >= 11 is 1.31. The van der Waals surface area contributed by atoms with Crippen LogP contribution in [0.5, 0.6) is 0 Å². The lowest BCUT2D eigenvalue weighted by atomic mass is 10.2. The van der Waals surface area contributed by atoms with Crippen LogP contribution in [0.25, 0.3) is 0 Å². The molecule has 2 aromatic carbocycles. The number of carboxylic acid groups (broad SMARTS) is 1. The SMILES string of the molecule is Cc1cccc(N2N=C(CNCc3ccc(SC(C)(C)C(=O)O)cc3)OCC2=O)c1.Cl. The van der Waals surface area contributed by atoms with Crippen molar-refractivity contribution in [3.63, 3.8) is 0 Å². The molecular formula is C22H26ClN3O4S. The van der Waals surface area contributed by atoms with Crippen LogP contribution in [-0.4, -0.2) is 40.8 Å². The molecule has 1 aliphatic heterocycles. The fraction of sp³-hybridized carbons (Fsp3) is 0.318. The van der Waals surface area contributed by atoms with E-state index < -0.39 is 10.7 Å². The van der Waals surface area contributed by atoms with Gasteiger partial charge in [0.05, 0.1) is 12.2 Å². The number of carbonyl (C=O) groups is 2. The highest BCUT2D eigenvalue weighted by molar-refractivity contribution is 8.01. The van der Waals surface area contributed by atoms with Gasteiger partial charge in [-0.3, -0.25) is 9.59 Å². The van der Waals surface area contributed by atoms with Crippen LogP contribution in [-0.2, 0) is 20.9 Å². The van der Waals surface area contributed by atoms with Crippen molar-refractivity contribution >= 4 is 47.6 Å². The van der Waals surface area contributed by atoms with Gasteiger partial charge >= 0.3 is 5.97 Å². The average molecular weight is 464 g/mol. The van der Waals surface area contributed by atoms with E-state index in [2.05, 4.69) is 10.4 Å². The molecule has 0 saturated carbocycles. The third-order valence-electron chi connectivity index (χ3n) is 4.47. The first-order valence-electron chi connectivity index (χ1n) is 9.56. The molecule has 7 nitrogen and oxygen atoms in total. The highest BCUT2D eigenvalue weighted by atomic mass is 35.5. The molecule has 3 rings (SSSR count). The van der Waals surface area contributed by atoms with Gasteiger partial charge in [-0.1, -0.05) is 24.3 Å². The molecule has 0 saturated heterocycles. The molecule has 1 aliphatic rings. The molecule has 2 aromatic rings. The van der Waals surface area contributed by atoms with Gasteiger partial charge in [0.15, 0.2) is 6.61 Å². The summed E-state index contributed by atoms with van der Waals surface area (Å²) in [7, 11) is 0. The van der Waals surface area contributed by atoms with Crippen molar-refractivity contribution in [2.75, 3.05) is 18.2 Å². The number of anilines is 1. The normalized spacial score (nSPS) is 13.8. The summed E-state index contributed by atoms with van der Waals surface area (Å²) in [4.78, 5) is 24.3. The largest absolute Gasteiger partial charge is 0.480 e. The fourth-order valence-corrected chi connectivity index (χ4v) is 3.73. The molecule has 166 valence electrons. The van der Waals surface area contributed by atoms with Crippen molar-refractivity contribution in [2.24, 2.45) is 5.10 Å². The Kier molecular flexibility index (Phi) is 8.50. The first-order valence-corrected chi connectivity index (χ1v) is 10.4. The lowest BCUT2D eigenvalue weighted by Crippen LogP contribution is -2.39. The second-order valence-corrected chi connectivity index (χ2v) is 9.19.